The Bertz CT molecular complexity index is 218. The Morgan fingerprint density at radius 3 is 2.71 bits per heavy atom. The molecule has 3 nitrogen and oxygen atoms in total. The lowest BCUT2D eigenvalue weighted by atomic mass is 10.0. The van der Waals surface area contributed by atoms with Crippen molar-refractivity contribution >= 4 is 21.8 Å². The van der Waals surface area contributed by atoms with Gasteiger partial charge in [0, 0.05) is 10.9 Å². The third kappa shape index (κ3) is 3.24. The van der Waals surface area contributed by atoms with Crippen molar-refractivity contribution in [2.45, 2.75) is 38.8 Å². The molecule has 4 heteroatoms. The Morgan fingerprint density at radius 1 is 1.64 bits per heavy atom. The van der Waals surface area contributed by atoms with Crippen LogP contribution in [0.25, 0.3) is 0 Å². The predicted molar refractivity (Wildman–Crippen MR) is 59.5 cm³/mol. The van der Waals surface area contributed by atoms with Crippen LogP contribution in [-0.4, -0.2) is 29.5 Å². The lowest BCUT2D eigenvalue weighted by Crippen LogP contribution is -2.47. The minimum atomic E-state index is -0.178. The van der Waals surface area contributed by atoms with Crippen molar-refractivity contribution in [1.82, 2.24) is 5.32 Å². The lowest BCUT2D eigenvalue weighted by molar-refractivity contribution is -0.126. The van der Waals surface area contributed by atoms with Gasteiger partial charge in [-0.1, -0.05) is 15.9 Å². The van der Waals surface area contributed by atoms with Gasteiger partial charge in [-0.2, -0.15) is 0 Å². The SMILES string of the molecule is CC1CC(C(=O)NC(C)(C)CBr)CO1. The summed E-state index contributed by atoms with van der Waals surface area (Å²) in [6.07, 6.45) is 1.06. The van der Waals surface area contributed by atoms with E-state index in [4.69, 9.17) is 4.74 Å². The second kappa shape index (κ2) is 4.62. The molecule has 1 heterocycles. The molecule has 1 fully saturated rings. The summed E-state index contributed by atoms with van der Waals surface area (Å²) in [7, 11) is 0. The zero-order valence-corrected chi connectivity index (χ0v) is 10.6. The average molecular weight is 264 g/mol. The second-order valence-electron chi connectivity index (χ2n) is 4.58. The molecule has 0 aromatic heterocycles. The smallest absolute Gasteiger partial charge is 0.225 e. The molecular formula is C10H18BrNO2. The number of ether oxygens (including phenoxy) is 1. The van der Waals surface area contributed by atoms with Crippen LogP contribution in [0.5, 0.6) is 0 Å². The highest BCUT2D eigenvalue weighted by atomic mass is 79.9. The summed E-state index contributed by atoms with van der Waals surface area (Å²) < 4.78 is 5.36. The van der Waals surface area contributed by atoms with Crippen LogP contribution < -0.4 is 5.32 Å². The summed E-state index contributed by atoms with van der Waals surface area (Å²) in [6, 6.07) is 0. The molecule has 0 spiro atoms. The van der Waals surface area contributed by atoms with Gasteiger partial charge in [0.15, 0.2) is 0 Å². The van der Waals surface area contributed by atoms with Crippen LogP contribution in [0.2, 0.25) is 0 Å². The Balaban J connectivity index is 2.43. The third-order valence-electron chi connectivity index (χ3n) is 2.36. The van der Waals surface area contributed by atoms with Crippen molar-refractivity contribution in [3.63, 3.8) is 0 Å². The van der Waals surface area contributed by atoms with Crippen molar-refractivity contribution in [1.29, 1.82) is 0 Å². The molecule has 2 atom stereocenters. The Labute approximate surface area is 93.7 Å². The molecule has 1 amide bonds. The molecule has 1 aliphatic heterocycles. The van der Waals surface area contributed by atoms with E-state index in [2.05, 4.69) is 21.2 Å². The van der Waals surface area contributed by atoms with E-state index in [9.17, 15) is 4.79 Å². The lowest BCUT2D eigenvalue weighted by Gasteiger charge is -2.25. The van der Waals surface area contributed by atoms with Crippen LogP contribution in [0, 0.1) is 5.92 Å². The maximum atomic E-state index is 11.8. The number of alkyl halides is 1. The average Bonchev–Trinajstić information content (AvgIpc) is 2.51. The van der Waals surface area contributed by atoms with E-state index in [1.807, 2.05) is 20.8 Å². The van der Waals surface area contributed by atoms with E-state index >= 15 is 0 Å². The number of hydrogen-bond acceptors (Lipinski definition) is 2. The zero-order chi connectivity index (χ0) is 10.8. The van der Waals surface area contributed by atoms with Gasteiger partial charge in [-0.15, -0.1) is 0 Å². The summed E-state index contributed by atoms with van der Waals surface area (Å²) >= 11 is 3.37. The highest BCUT2D eigenvalue weighted by molar-refractivity contribution is 9.09. The van der Waals surface area contributed by atoms with E-state index < -0.39 is 0 Å². The predicted octanol–water partition coefficient (Wildman–Crippen LogP) is 1.70. The molecule has 0 aliphatic carbocycles. The van der Waals surface area contributed by atoms with Gasteiger partial charge in [-0.05, 0) is 27.2 Å². The molecule has 14 heavy (non-hydrogen) atoms. The molecule has 1 rings (SSSR count). The summed E-state index contributed by atoms with van der Waals surface area (Å²) in [4.78, 5) is 11.8. The quantitative estimate of drug-likeness (QED) is 0.788. The maximum absolute atomic E-state index is 11.8. The number of carbonyl (C=O) groups is 1. The Kier molecular flexibility index (Phi) is 3.95. The molecule has 0 aromatic carbocycles. The molecule has 1 saturated heterocycles. The maximum Gasteiger partial charge on any atom is 0.225 e. The van der Waals surface area contributed by atoms with Gasteiger partial charge in [0.25, 0.3) is 0 Å². The number of nitrogens with one attached hydrogen (secondary N) is 1. The highest BCUT2D eigenvalue weighted by Crippen LogP contribution is 2.20. The van der Waals surface area contributed by atoms with Gasteiger partial charge < -0.3 is 10.1 Å². The fourth-order valence-corrected chi connectivity index (χ4v) is 1.61. The largest absolute Gasteiger partial charge is 0.378 e. The molecule has 82 valence electrons. The third-order valence-corrected chi connectivity index (χ3v) is 3.77. The number of rotatable bonds is 3. The van der Waals surface area contributed by atoms with Gasteiger partial charge in [0.05, 0.1) is 18.6 Å². The molecule has 0 bridgehead atoms. The van der Waals surface area contributed by atoms with Gasteiger partial charge in [-0.3, -0.25) is 4.79 Å². The summed E-state index contributed by atoms with van der Waals surface area (Å²) in [5, 5.41) is 3.76. The fraction of sp³-hybridized carbons (Fsp3) is 0.900. The summed E-state index contributed by atoms with van der Waals surface area (Å²) in [5.41, 5.74) is -0.178. The van der Waals surface area contributed by atoms with Gasteiger partial charge in [0.2, 0.25) is 5.91 Å². The van der Waals surface area contributed by atoms with Crippen molar-refractivity contribution < 1.29 is 9.53 Å². The van der Waals surface area contributed by atoms with Gasteiger partial charge >= 0.3 is 0 Å². The van der Waals surface area contributed by atoms with Crippen LogP contribution in [-0.2, 0) is 9.53 Å². The first-order valence-corrected chi connectivity index (χ1v) is 6.06. The minimum absolute atomic E-state index is 0.0309. The number of hydrogen-bond donors (Lipinski definition) is 1. The fourth-order valence-electron chi connectivity index (χ4n) is 1.47. The standard InChI is InChI=1S/C10H18BrNO2/c1-7-4-8(5-14-7)9(13)12-10(2,3)6-11/h7-8H,4-6H2,1-3H3,(H,12,13). The van der Waals surface area contributed by atoms with E-state index in [0.29, 0.717) is 6.61 Å². The van der Waals surface area contributed by atoms with Crippen molar-refractivity contribution in [3.8, 4) is 0 Å². The molecular weight excluding hydrogens is 246 g/mol. The molecule has 0 aromatic rings. The molecule has 0 saturated carbocycles. The zero-order valence-electron chi connectivity index (χ0n) is 8.97. The van der Waals surface area contributed by atoms with E-state index in [0.717, 1.165) is 11.8 Å². The highest BCUT2D eigenvalue weighted by Gasteiger charge is 2.30. The number of halogens is 1. The monoisotopic (exact) mass is 263 g/mol. The van der Waals surface area contributed by atoms with Crippen LogP contribution in [0.15, 0.2) is 0 Å². The molecule has 1 N–H and O–H groups in total. The first-order chi connectivity index (χ1) is 6.44. The summed E-state index contributed by atoms with van der Waals surface area (Å²) in [5.74, 6) is 0.141. The molecule has 1 aliphatic rings. The first kappa shape index (κ1) is 12.0. The van der Waals surface area contributed by atoms with E-state index in [1.165, 1.54) is 0 Å². The number of carbonyl (C=O) groups excluding carboxylic acids is 1. The second-order valence-corrected chi connectivity index (χ2v) is 5.14. The number of amides is 1. The van der Waals surface area contributed by atoms with Crippen LogP contribution >= 0.6 is 15.9 Å². The van der Waals surface area contributed by atoms with Crippen molar-refractivity contribution in [2.75, 3.05) is 11.9 Å². The van der Waals surface area contributed by atoms with Crippen LogP contribution in [0.1, 0.15) is 27.2 Å². The van der Waals surface area contributed by atoms with Crippen LogP contribution in [0.4, 0.5) is 0 Å². The van der Waals surface area contributed by atoms with Gasteiger partial charge in [-0.25, -0.2) is 0 Å². The molecule has 0 radical (unpaired) electrons. The minimum Gasteiger partial charge on any atom is -0.378 e. The van der Waals surface area contributed by atoms with E-state index in [1.54, 1.807) is 0 Å². The van der Waals surface area contributed by atoms with E-state index in [-0.39, 0.29) is 23.5 Å². The Hall–Kier alpha value is -0.0900. The van der Waals surface area contributed by atoms with Gasteiger partial charge in [0.1, 0.15) is 0 Å². The topological polar surface area (TPSA) is 38.3 Å². The Morgan fingerprint density at radius 2 is 2.29 bits per heavy atom. The summed E-state index contributed by atoms with van der Waals surface area (Å²) in [6.45, 7) is 6.56. The van der Waals surface area contributed by atoms with Crippen molar-refractivity contribution in [3.05, 3.63) is 0 Å². The normalized spacial score (nSPS) is 27.7. The van der Waals surface area contributed by atoms with Crippen molar-refractivity contribution in [2.24, 2.45) is 5.92 Å². The first-order valence-electron chi connectivity index (χ1n) is 4.94. The van der Waals surface area contributed by atoms with Crippen LogP contribution in [0.3, 0.4) is 0 Å². The molecule has 2 unspecified atom stereocenters.